The first-order valence-corrected chi connectivity index (χ1v) is 4.76. The molecule has 1 nitrogen and oxygen atoms in total. The van der Waals surface area contributed by atoms with E-state index in [4.69, 9.17) is 0 Å². The highest BCUT2D eigenvalue weighted by atomic mass is 16.3. The van der Waals surface area contributed by atoms with Crippen LogP contribution in [0.5, 0.6) is 0 Å². The Morgan fingerprint density at radius 3 is 2.64 bits per heavy atom. The van der Waals surface area contributed by atoms with Gasteiger partial charge in [0.15, 0.2) is 0 Å². The van der Waals surface area contributed by atoms with Crippen LogP contribution in [-0.4, -0.2) is 11.2 Å². The molecular weight excluding hydrogens is 136 g/mol. The Morgan fingerprint density at radius 1 is 1.64 bits per heavy atom. The summed E-state index contributed by atoms with van der Waals surface area (Å²) in [4.78, 5) is 0. The molecular formula is C10H20O. The van der Waals surface area contributed by atoms with E-state index in [0.717, 1.165) is 18.8 Å². The molecule has 0 aromatic heterocycles. The molecule has 0 heterocycles. The highest BCUT2D eigenvalue weighted by Gasteiger charge is 2.37. The van der Waals surface area contributed by atoms with Crippen molar-refractivity contribution < 1.29 is 5.11 Å². The quantitative estimate of drug-likeness (QED) is 0.651. The number of rotatable bonds is 2. The summed E-state index contributed by atoms with van der Waals surface area (Å²) in [5, 5.41) is 9.41. The van der Waals surface area contributed by atoms with Crippen molar-refractivity contribution in [3.05, 3.63) is 0 Å². The summed E-state index contributed by atoms with van der Waals surface area (Å²) in [7, 11) is 0. The standard InChI is InChI=1S/C10H20O/c1-4-8(2)10(3)6-5-9(11)7-10/h8-9,11H,4-7H2,1-3H3. The maximum Gasteiger partial charge on any atom is 0.0545 e. The Hall–Kier alpha value is -0.0400. The van der Waals surface area contributed by atoms with Gasteiger partial charge in [-0.1, -0.05) is 27.2 Å². The van der Waals surface area contributed by atoms with E-state index in [2.05, 4.69) is 20.8 Å². The second-order valence-electron chi connectivity index (χ2n) is 4.36. The fourth-order valence-corrected chi connectivity index (χ4v) is 2.18. The lowest BCUT2D eigenvalue weighted by molar-refractivity contribution is 0.137. The fourth-order valence-electron chi connectivity index (χ4n) is 2.18. The van der Waals surface area contributed by atoms with Crippen LogP contribution in [0, 0.1) is 11.3 Å². The van der Waals surface area contributed by atoms with Gasteiger partial charge < -0.3 is 5.11 Å². The third kappa shape index (κ3) is 1.76. The Kier molecular flexibility index (Phi) is 2.58. The van der Waals surface area contributed by atoms with Crippen molar-refractivity contribution in [1.29, 1.82) is 0 Å². The third-order valence-electron chi connectivity index (χ3n) is 3.55. The first kappa shape index (κ1) is 9.05. The van der Waals surface area contributed by atoms with E-state index < -0.39 is 0 Å². The molecule has 1 N–H and O–H groups in total. The molecule has 0 radical (unpaired) electrons. The Labute approximate surface area is 69.8 Å². The molecule has 0 bridgehead atoms. The Morgan fingerprint density at radius 2 is 2.27 bits per heavy atom. The zero-order valence-corrected chi connectivity index (χ0v) is 7.93. The molecule has 1 aliphatic rings. The molecule has 0 amide bonds. The average Bonchev–Trinajstić information content (AvgIpc) is 2.31. The maximum absolute atomic E-state index is 9.41. The lowest BCUT2D eigenvalue weighted by atomic mass is 9.75. The molecule has 0 aromatic rings. The van der Waals surface area contributed by atoms with Crippen molar-refractivity contribution in [2.75, 3.05) is 0 Å². The zero-order chi connectivity index (χ0) is 8.48. The highest BCUT2D eigenvalue weighted by Crippen LogP contribution is 2.44. The Bertz CT molecular complexity index is 133. The lowest BCUT2D eigenvalue weighted by Crippen LogP contribution is -2.22. The molecule has 0 saturated heterocycles. The van der Waals surface area contributed by atoms with Crippen LogP contribution in [0.3, 0.4) is 0 Å². The van der Waals surface area contributed by atoms with E-state index in [-0.39, 0.29) is 6.10 Å². The van der Waals surface area contributed by atoms with Crippen molar-refractivity contribution in [3.8, 4) is 0 Å². The summed E-state index contributed by atoms with van der Waals surface area (Å²) in [5.74, 6) is 0.764. The minimum Gasteiger partial charge on any atom is -0.393 e. The van der Waals surface area contributed by atoms with Gasteiger partial charge in [-0.2, -0.15) is 0 Å². The summed E-state index contributed by atoms with van der Waals surface area (Å²) in [6.45, 7) is 6.86. The zero-order valence-electron chi connectivity index (χ0n) is 7.93. The van der Waals surface area contributed by atoms with E-state index in [1.54, 1.807) is 0 Å². The van der Waals surface area contributed by atoms with E-state index in [0.29, 0.717) is 5.41 Å². The average molecular weight is 156 g/mol. The Balaban J connectivity index is 2.54. The first-order chi connectivity index (χ1) is 5.08. The van der Waals surface area contributed by atoms with Crippen molar-refractivity contribution in [3.63, 3.8) is 0 Å². The van der Waals surface area contributed by atoms with Gasteiger partial charge in [-0.15, -0.1) is 0 Å². The number of aliphatic hydroxyl groups excluding tert-OH is 1. The maximum atomic E-state index is 9.41. The highest BCUT2D eigenvalue weighted by molar-refractivity contribution is 4.88. The van der Waals surface area contributed by atoms with Crippen LogP contribution in [0.1, 0.15) is 46.5 Å². The van der Waals surface area contributed by atoms with Gasteiger partial charge >= 0.3 is 0 Å². The van der Waals surface area contributed by atoms with Crippen molar-refractivity contribution >= 4 is 0 Å². The monoisotopic (exact) mass is 156 g/mol. The molecule has 1 fully saturated rings. The van der Waals surface area contributed by atoms with E-state index >= 15 is 0 Å². The number of hydrogen-bond donors (Lipinski definition) is 1. The van der Waals surface area contributed by atoms with Gasteiger partial charge in [-0.05, 0) is 30.6 Å². The molecule has 1 heteroatoms. The third-order valence-corrected chi connectivity index (χ3v) is 3.55. The van der Waals surface area contributed by atoms with Crippen molar-refractivity contribution in [2.24, 2.45) is 11.3 Å². The van der Waals surface area contributed by atoms with E-state index in [9.17, 15) is 5.11 Å². The predicted octanol–water partition coefficient (Wildman–Crippen LogP) is 2.58. The minimum absolute atomic E-state index is 0.0194. The van der Waals surface area contributed by atoms with Crippen LogP contribution in [0.2, 0.25) is 0 Å². The summed E-state index contributed by atoms with van der Waals surface area (Å²) in [5.41, 5.74) is 0.425. The molecule has 11 heavy (non-hydrogen) atoms. The summed E-state index contributed by atoms with van der Waals surface area (Å²) < 4.78 is 0. The molecule has 3 atom stereocenters. The molecule has 0 spiro atoms. The first-order valence-electron chi connectivity index (χ1n) is 4.76. The van der Waals surface area contributed by atoms with Crippen LogP contribution < -0.4 is 0 Å². The molecule has 3 unspecified atom stereocenters. The normalized spacial score (nSPS) is 40.9. The van der Waals surface area contributed by atoms with Gasteiger partial charge in [0.1, 0.15) is 0 Å². The van der Waals surface area contributed by atoms with Gasteiger partial charge in [-0.3, -0.25) is 0 Å². The van der Waals surface area contributed by atoms with Crippen LogP contribution >= 0.6 is 0 Å². The topological polar surface area (TPSA) is 20.2 Å². The van der Waals surface area contributed by atoms with Gasteiger partial charge in [0, 0.05) is 0 Å². The second kappa shape index (κ2) is 3.14. The summed E-state index contributed by atoms with van der Waals surface area (Å²) >= 11 is 0. The van der Waals surface area contributed by atoms with E-state index in [1.165, 1.54) is 12.8 Å². The SMILES string of the molecule is CCC(C)C1(C)CCC(O)C1. The molecule has 0 aromatic carbocycles. The predicted molar refractivity (Wildman–Crippen MR) is 47.4 cm³/mol. The van der Waals surface area contributed by atoms with Gasteiger partial charge in [0.2, 0.25) is 0 Å². The fraction of sp³-hybridized carbons (Fsp3) is 1.00. The summed E-state index contributed by atoms with van der Waals surface area (Å²) in [6, 6.07) is 0. The lowest BCUT2D eigenvalue weighted by Gasteiger charge is -2.30. The minimum atomic E-state index is -0.0194. The van der Waals surface area contributed by atoms with Crippen molar-refractivity contribution in [2.45, 2.75) is 52.6 Å². The van der Waals surface area contributed by atoms with Crippen LogP contribution in [-0.2, 0) is 0 Å². The smallest absolute Gasteiger partial charge is 0.0545 e. The number of aliphatic hydroxyl groups is 1. The summed E-state index contributed by atoms with van der Waals surface area (Å²) in [6.07, 6.45) is 4.46. The number of hydrogen-bond acceptors (Lipinski definition) is 1. The molecule has 1 aliphatic carbocycles. The molecule has 1 rings (SSSR count). The van der Waals surface area contributed by atoms with Crippen LogP contribution in [0.25, 0.3) is 0 Å². The van der Waals surface area contributed by atoms with Crippen LogP contribution in [0.4, 0.5) is 0 Å². The van der Waals surface area contributed by atoms with Crippen molar-refractivity contribution in [1.82, 2.24) is 0 Å². The van der Waals surface area contributed by atoms with Gasteiger partial charge in [-0.25, -0.2) is 0 Å². The molecule has 1 saturated carbocycles. The molecule has 66 valence electrons. The van der Waals surface area contributed by atoms with Gasteiger partial charge in [0.25, 0.3) is 0 Å². The van der Waals surface area contributed by atoms with E-state index in [1.807, 2.05) is 0 Å². The van der Waals surface area contributed by atoms with Gasteiger partial charge in [0.05, 0.1) is 6.10 Å². The largest absolute Gasteiger partial charge is 0.393 e. The second-order valence-corrected chi connectivity index (χ2v) is 4.36. The molecule has 0 aliphatic heterocycles. The van der Waals surface area contributed by atoms with Crippen LogP contribution in [0.15, 0.2) is 0 Å².